The zero-order chi connectivity index (χ0) is 23.9. The number of imide groups is 1. The van der Waals surface area contributed by atoms with Crippen molar-refractivity contribution in [2.24, 2.45) is 0 Å². The molecule has 7 heteroatoms. The summed E-state index contributed by atoms with van der Waals surface area (Å²) in [5.74, 6) is 0.575. The van der Waals surface area contributed by atoms with Gasteiger partial charge in [-0.25, -0.2) is 4.79 Å². The van der Waals surface area contributed by atoms with Crippen LogP contribution >= 0.6 is 0 Å². The molecule has 174 valence electrons. The summed E-state index contributed by atoms with van der Waals surface area (Å²) in [5.41, 5.74) is 3.04. The molecule has 0 unspecified atom stereocenters. The van der Waals surface area contributed by atoms with Crippen LogP contribution in [0.15, 0.2) is 65.1 Å². The predicted octanol–water partition coefficient (Wildman–Crippen LogP) is 3.86. The van der Waals surface area contributed by atoms with E-state index >= 15 is 0 Å². The Balaban J connectivity index is 1.26. The lowest BCUT2D eigenvalue weighted by Crippen LogP contribution is -2.43. The van der Waals surface area contributed by atoms with E-state index in [1.807, 2.05) is 60.7 Å². The molecular weight excluding hydrogens is 430 g/mol. The molecule has 2 aliphatic rings. The monoisotopic (exact) mass is 457 g/mol. The number of furan rings is 1. The van der Waals surface area contributed by atoms with Gasteiger partial charge in [-0.05, 0) is 55.0 Å². The van der Waals surface area contributed by atoms with Gasteiger partial charge in [0.15, 0.2) is 0 Å². The fourth-order valence-corrected chi connectivity index (χ4v) is 4.72. The minimum atomic E-state index is -1.18. The molecule has 1 saturated heterocycles. The molecule has 5 rings (SSSR count). The van der Waals surface area contributed by atoms with Crippen LogP contribution in [0.5, 0.6) is 0 Å². The summed E-state index contributed by atoms with van der Waals surface area (Å²) in [6.45, 7) is 1.61. The zero-order valence-electron chi connectivity index (χ0n) is 19.3. The molecule has 0 spiro atoms. The highest BCUT2D eigenvalue weighted by Crippen LogP contribution is 2.32. The van der Waals surface area contributed by atoms with E-state index in [9.17, 15) is 14.4 Å². The minimum absolute atomic E-state index is 0.234. The number of aryl methyl sites for hydroxylation is 2. The smallest absolute Gasteiger partial charge is 0.325 e. The van der Waals surface area contributed by atoms with Crippen LogP contribution in [0.4, 0.5) is 4.79 Å². The van der Waals surface area contributed by atoms with Gasteiger partial charge < -0.3 is 14.6 Å². The highest BCUT2D eigenvalue weighted by atomic mass is 16.3. The van der Waals surface area contributed by atoms with E-state index < -0.39 is 17.5 Å². The van der Waals surface area contributed by atoms with Crippen molar-refractivity contribution in [3.05, 3.63) is 83.1 Å². The third-order valence-electron chi connectivity index (χ3n) is 6.78. The van der Waals surface area contributed by atoms with Crippen molar-refractivity contribution in [1.29, 1.82) is 0 Å². The van der Waals surface area contributed by atoms with Crippen molar-refractivity contribution in [1.82, 2.24) is 15.1 Å². The molecule has 1 aliphatic heterocycles. The molecule has 1 aliphatic carbocycles. The van der Waals surface area contributed by atoms with Crippen LogP contribution in [0.25, 0.3) is 11.3 Å². The van der Waals surface area contributed by atoms with Crippen molar-refractivity contribution < 1.29 is 18.8 Å². The fourth-order valence-electron chi connectivity index (χ4n) is 4.72. The van der Waals surface area contributed by atoms with Gasteiger partial charge in [0.1, 0.15) is 23.6 Å². The van der Waals surface area contributed by atoms with Crippen LogP contribution in [0.2, 0.25) is 0 Å². The first-order valence-corrected chi connectivity index (χ1v) is 11.5. The standard InChI is InChI=1S/C27H27N3O4/c1-27(21-12-11-18-9-6-10-20(18)15-21)25(32)30(26(33)28-27)17-24(31)29(2)16-22-13-14-23(34-22)19-7-4-3-5-8-19/h3-5,7-8,11-15H,6,9-10,16-17H2,1-2H3,(H,28,33)/t27-/m1/s1. The Morgan fingerprint density at radius 2 is 1.82 bits per heavy atom. The van der Waals surface area contributed by atoms with Crippen molar-refractivity contribution in [2.45, 2.75) is 38.3 Å². The largest absolute Gasteiger partial charge is 0.459 e. The van der Waals surface area contributed by atoms with Crippen molar-refractivity contribution in [3.8, 4) is 11.3 Å². The van der Waals surface area contributed by atoms with Crippen LogP contribution in [0.1, 0.15) is 35.8 Å². The Bertz CT molecular complexity index is 1270. The normalized spacial score (nSPS) is 19.3. The van der Waals surface area contributed by atoms with E-state index in [0.29, 0.717) is 5.76 Å². The van der Waals surface area contributed by atoms with Crippen molar-refractivity contribution in [3.63, 3.8) is 0 Å². The molecular formula is C27H27N3O4. The number of urea groups is 1. The summed E-state index contributed by atoms with van der Waals surface area (Å²) >= 11 is 0. The number of nitrogens with zero attached hydrogens (tertiary/aromatic N) is 2. The van der Waals surface area contributed by atoms with Crippen molar-refractivity contribution >= 4 is 17.8 Å². The Labute approximate surface area is 198 Å². The number of fused-ring (bicyclic) bond motifs is 1. The molecule has 1 aromatic heterocycles. The maximum atomic E-state index is 13.3. The van der Waals surface area contributed by atoms with Crippen LogP contribution in [0, 0.1) is 0 Å². The summed E-state index contributed by atoms with van der Waals surface area (Å²) in [5, 5.41) is 2.80. The first kappa shape index (κ1) is 21.9. The van der Waals surface area contributed by atoms with Gasteiger partial charge in [0, 0.05) is 12.6 Å². The van der Waals surface area contributed by atoms with E-state index in [0.717, 1.165) is 41.0 Å². The Kier molecular flexibility index (Phi) is 5.48. The van der Waals surface area contributed by atoms with Gasteiger partial charge in [-0.3, -0.25) is 14.5 Å². The van der Waals surface area contributed by atoms with Crippen molar-refractivity contribution in [2.75, 3.05) is 13.6 Å². The number of nitrogens with one attached hydrogen (secondary N) is 1. The number of likely N-dealkylation sites (N-methyl/N-ethyl adjacent to an activating group) is 1. The number of carbonyl (C=O) groups is 3. The van der Waals surface area contributed by atoms with Gasteiger partial charge in [-0.1, -0.05) is 48.5 Å². The second-order valence-electron chi connectivity index (χ2n) is 9.17. The quantitative estimate of drug-likeness (QED) is 0.570. The Morgan fingerprint density at radius 1 is 1.06 bits per heavy atom. The van der Waals surface area contributed by atoms with E-state index in [4.69, 9.17) is 4.42 Å². The Hall–Kier alpha value is -3.87. The van der Waals surface area contributed by atoms with Gasteiger partial charge in [0.05, 0.1) is 6.54 Å². The topological polar surface area (TPSA) is 82.9 Å². The minimum Gasteiger partial charge on any atom is -0.459 e. The molecule has 2 aromatic carbocycles. The van der Waals surface area contributed by atoms with Crippen LogP contribution < -0.4 is 5.32 Å². The maximum Gasteiger partial charge on any atom is 0.325 e. The molecule has 1 fully saturated rings. The molecule has 1 atom stereocenters. The number of rotatable bonds is 6. The van der Waals surface area contributed by atoms with E-state index in [2.05, 4.69) is 5.32 Å². The first-order valence-electron chi connectivity index (χ1n) is 11.5. The Morgan fingerprint density at radius 3 is 2.62 bits per heavy atom. The van der Waals surface area contributed by atoms with E-state index in [1.54, 1.807) is 14.0 Å². The molecule has 3 aromatic rings. The molecule has 34 heavy (non-hydrogen) atoms. The average Bonchev–Trinajstić information content (AvgIpc) is 3.55. The third kappa shape index (κ3) is 3.87. The van der Waals surface area contributed by atoms with Crippen LogP contribution in [-0.4, -0.2) is 41.2 Å². The fraction of sp³-hybridized carbons (Fsp3) is 0.296. The van der Waals surface area contributed by atoms with Gasteiger partial charge in [0.2, 0.25) is 5.91 Å². The lowest BCUT2D eigenvalue weighted by atomic mass is 9.89. The van der Waals surface area contributed by atoms with Crippen LogP contribution in [-0.2, 0) is 34.5 Å². The van der Waals surface area contributed by atoms with Gasteiger partial charge in [-0.15, -0.1) is 0 Å². The molecule has 2 heterocycles. The summed E-state index contributed by atoms with van der Waals surface area (Å²) < 4.78 is 5.88. The highest BCUT2D eigenvalue weighted by molar-refractivity contribution is 6.09. The van der Waals surface area contributed by atoms with E-state index in [-0.39, 0.29) is 19.0 Å². The summed E-state index contributed by atoms with van der Waals surface area (Å²) in [6.07, 6.45) is 3.13. The molecule has 7 nitrogen and oxygen atoms in total. The highest BCUT2D eigenvalue weighted by Gasteiger charge is 2.49. The molecule has 0 saturated carbocycles. The first-order chi connectivity index (χ1) is 16.3. The zero-order valence-corrected chi connectivity index (χ0v) is 19.3. The second kappa shape index (κ2) is 8.48. The molecule has 0 radical (unpaired) electrons. The summed E-state index contributed by atoms with van der Waals surface area (Å²) in [4.78, 5) is 41.3. The number of hydrogen-bond donors (Lipinski definition) is 1. The number of amides is 4. The van der Waals surface area contributed by atoms with Gasteiger partial charge >= 0.3 is 6.03 Å². The lowest BCUT2D eigenvalue weighted by Gasteiger charge is -2.23. The molecule has 1 N–H and O–H groups in total. The second-order valence-corrected chi connectivity index (χ2v) is 9.17. The van der Waals surface area contributed by atoms with Gasteiger partial charge in [-0.2, -0.15) is 0 Å². The number of hydrogen-bond acceptors (Lipinski definition) is 4. The summed E-state index contributed by atoms with van der Waals surface area (Å²) in [7, 11) is 1.63. The number of carbonyl (C=O) groups excluding carboxylic acids is 3. The average molecular weight is 458 g/mol. The lowest BCUT2D eigenvalue weighted by molar-refractivity contribution is -0.138. The van der Waals surface area contributed by atoms with Crippen LogP contribution in [0.3, 0.4) is 0 Å². The van der Waals surface area contributed by atoms with Gasteiger partial charge in [0.25, 0.3) is 5.91 Å². The predicted molar refractivity (Wildman–Crippen MR) is 127 cm³/mol. The maximum absolute atomic E-state index is 13.3. The SMILES string of the molecule is CN(Cc1ccc(-c2ccccc2)o1)C(=O)CN1C(=O)N[C@](C)(c2ccc3c(c2)CCC3)C1=O. The third-order valence-corrected chi connectivity index (χ3v) is 6.78. The molecule has 0 bridgehead atoms. The number of benzene rings is 2. The summed E-state index contributed by atoms with van der Waals surface area (Å²) in [6, 6.07) is 18.8. The molecule has 4 amide bonds. The van der Waals surface area contributed by atoms with E-state index in [1.165, 1.54) is 16.0 Å².